The van der Waals surface area contributed by atoms with Crippen LogP contribution in [0.4, 0.5) is 0 Å². The summed E-state index contributed by atoms with van der Waals surface area (Å²) in [5.41, 5.74) is 3.91. The molecule has 1 N–H and O–H groups in total. The second kappa shape index (κ2) is 5.17. The van der Waals surface area contributed by atoms with Gasteiger partial charge in [-0.05, 0) is 46.2 Å². The Morgan fingerprint density at radius 2 is 1.95 bits per heavy atom. The van der Waals surface area contributed by atoms with Crippen molar-refractivity contribution >= 4 is 0 Å². The van der Waals surface area contributed by atoms with Crippen molar-refractivity contribution in [3.63, 3.8) is 0 Å². The van der Waals surface area contributed by atoms with Crippen molar-refractivity contribution in [2.24, 2.45) is 0 Å². The molecule has 102 valence electrons. The molecule has 3 heteroatoms. The molecule has 3 nitrogen and oxygen atoms in total. The monoisotopic (exact) mass is 257 g/mol. The van der Waals surface area contributed by atoms with Gasteiger partial charge in [0, 0.05) is 24.5 Å². The fraction of sp³-hybridized carbons (Fsp3) is 0.438. The van der Waals surface area contributed by atoms with Crippen LogP contribution < -0.4 is 5.32 Å². The molecule has 1 aromatic heterocycles. The third-order valence-corrected chi connectivity index (χ3v) is 3.13. The third-order valence-electron chi connectivity index (χ3n) is 3.13. The summed E-state index contributed by atoms with van der Waals surface area (Å²) in [6, 6.07) is 6.56. The van der Waals surface area contributed by atoms with Crippen LogP contribution in [0.15, 0.2) is 30.6 Å². The van der Waals surface area contributed by atoms with Crippen LogP contribution in [-0.4, -0.2) is 15.1 Å². The molecule has 1 heterocycles. The Labute approximate surface area is 115 Å². The van der Waals surface area contributed by atoms with Gasteiger partial charge in [0.25, 0.3) is 0 Å². The Hall–Kier alpha value is -1.61. The highest BCUT2D eigenvalue weighted by Crippen LogP contribution is 2.19. The van der Waals surface area contributed by atoms with Gasteiger partial charge < -0.3 is 9.88 Å². The molecule has 0 aliphatic carbocycles. The van der Waals surface area contributed by atoms with Crippen molar-refractivity contribution in [1.29, 1.82) is 0 Å². The first kappa shape index (κ1) is 13.8. The van der Waals surface area contributed by atoms with E-state index in [0.29, 0.717) is 0 Å². The molecule has 0 saturated heterocycles. The van der Waals surface area contributed by atoms with E-state index in [4.69, 9.17) is 0 Å². The Balaban J connectivity index is 2.36. The SMILES string of the molecule is Cc1ccc(-n2ccnc2C)c(CNC(C)(C)C)c1. The normalized spacial score (nSPS) is 11.8. The molecule has 2 rings (SSSR count). The van der Waals surface area contributed by atoms with Gasteiger partial charge in [0.15, 0.2) is 0 Å². The molecule has 1 aromatic carbocycles. The largest absolute Gasteiger partial charge is 0.308 e. The maximum atomic E-state index is 4.31. The molecule has 0 fully saturated rings. The van der Waals surface area contributed by atoms with E-state index in [0.717, 1.165) is 12.4 Å². The van der Waals surface area contributed by atoms with Crippen LogP contribution in [0.2, 0.25) is 0 Å². The number of aromatic nitrogens is 2. The van der Waals surface area contributed by atoms with Crippen LogP contribution in [0, 0.1) is 13.8 Å². The van der Waals surface area contributed by atoms with E-state index in [9.17, 15) is 0 Å². The van der Waals surface area contributed by atoms with Crippen molar-refractivity contribution in [3.05, 3.63) is 47.5 Å². The molecule has 0 radical (unpaired) electrons. The molecular formula is C16H23N3. The zero-order valence-corrected chi connectivity index (χ0v) is 12.5. The minimum absolute atomic E-state index is 0.116. The van der Waals surface area contributed by atoms with Crippen molar-refractivity contribution in [2.75, 3.05) is 0 Å². The average Bonchev–Trinajstić information content (AvgIpc) is 2.72. The summed E-state index contributed by atoms with van der Waals surface area (Å²) in [6.07, 6.45) is 3.86. The minimum Gasteiger partial charge on any atom is -0.308 e. The van der Waals surface area contributed by atoms with E-state index in [1.165, 1.54) is 16.8 Å². The molecule has 0 aliphatic rings. The van der Waals surface area contributed by atoms with Gasteiger partial charge in [0.05, 0.1) is 5.69 Å². The summed E-state index contributed by atoms with van der Waals surface area (Å²) in [6.45, 7) is 11.6. The fourth-order valence-corrected chi connectivity index (χ4v) is 2.08. The topological polar surface area (TPSA) is 29.9 Å². The first-order valence-corrected chi connectivity index (χ1v) is 6.72. The second-order valence-electron chi connectivity index (χ2n) is 6.08. The van der Waals surface area contributed by atoms with Crippen molar-refractivity contribution < 1.29 is 0 Å². The smallest absolute Gasteiger partial charge is 0.110 e. The molecular weight excluding hydrogens is 234 g/mol. The van der Waals surface area contributed by atoms with Crippen LogP contribution in [0.25, 0.3) is 5.69 Å². The predicted octanol–water partition coefficient (Wildman–Crippen LogP) is 3.38. The maximum Gasteiger partial charge on any atom is 0.110 e. The van der Waals surface area contributed by atoms with Gasteiger partial charge in [-0.3, -0.25) is 0 Å². The lowest BCUT2D eigenvalue weighted by molar-refractivity contribution is 0.424. The van der Waals surface area contributed by atoms with Gasteiger partial charge in [-0.25, -0.2) is 4.98 Å². The molecule has 19 heavy (non-hydrogen) atoms. The first-order valence-electron chi connectivity index (χ1n) is 6.72. The molecule has 0 spiro atoms. The maximum absolute atomic E-state index is 4.31. The fourth-order valence-electron chi connectivity index (χ4n) is 2.08. The number of nitrogens with one attached hydrogen (secondary N) is 1. The van der Waals surface area contributed by atoms with Crippen molar-refractivity contribution in [2.45, 2.75) is 46.7 Å². The van der Waals surface area contributed by atoms with Crippen molar-refractivity contribution in [1.82, 2.24) is 14.9 Å². The highest BCUT2D eigenvalue weighted by atomic mass is 15.1. The van der Waals surface area contributed by atoms with E-state index in [-0.39, 0.29) is 5.54 Å². The Morgan fingerprint density at radius 3 is 2.53 bits per heavy atom. The van der Waals surface area contributed by atoms with E-state index >= 15 is 0 Å². The summed E-state index contributed by atoms with van der Waals surface area (Å²) >= 11 is 0. The summed E-state index contributed by atoms with van der Waals surface area (Å²) in [5.74, 6) is 1.01. The number of rotatable bonds is 3. The first-order chi connectivity index (χ1) is 8.87. The molecule has 0 atom stereocenters. The van der Waals surface area contributed by atoms with Crippen molar-refractivity contribution in [3.8, 4) is 5.69 Å². The zero-order valence-electron chi connectivity index (χ0n) is 12.5. The molecule has 0 saturated carbocycles. The molecule has 2 aromatic rings. The van der Waals surface area contributed by atoms with Gasteiger partial charge in [-0.15, -0.1) is 0 Å². The number of nitrogens with zero attached hydrogens (tertiary/aromatic N) is 2. The van der Waals surface area contributed by atoms with Gasteiger partial charge in [0.2, 0.25) is 0 Å². The quantitative estimate of drug-likeness (QED) is 0.913. The standard InChI is InChI=1S/C16H23N3/c1-12-6-7-15(19-9-8-17-13(19)2)14(10-12)11-18-16(3,4)5/h6-10,18H,11H2,1-5H3. The van der Waals surface area contributed by atoms with E-state index in [2.05, 4.69) is 60.8 Å². The average molecular weight is 257 g/mol. The minimum atomic E-state index is 0.116. The summed E-state index contributed by atoms with van der Waals surface area (Å²) < 4.78 is 2.14. The highest BCUT2D eigenvalue weighted by molar-refractivity contribution is 5.44. The lowest BCUT2D eigenvalue weighted by Gasteiger charge is -2.22. The number of aryl methyl sites for hydroxylation is 2. The lowest BCUT2D eigenvalue weighted by Crippen LogP contribution is -2.35. The van der Waals surface area contributed by atoms with Gasteiger partial charge >= 0.3 is 0 Å². The molecule has 0 aliphatic heterocycles. The summed E-state index contributed by atoms with van der Waals surface area (Å²) in [4.78, 5) is 4.31. The lowest BCUT2D eigenvalue weighted by atomic mass is 10.1. The third kappa shape index (κ3) is 3.44. The van der Waals surface area contributed by atoms with Gasteiger partial charge in [-0.2, -0.15) is 0 Å². The molecule has 0 unspecified atom stereocenters. The van der Waals surface area contributed by atoms with E-state index < -0.39 is 0 Å². The summed E-state index contributed by atoms with van der Waals surface area (Å²) in [5, 5.41) is 3.55. The second-order valence-corrected chi connectivity index (χ2v) is 6.08. The zero-order chi connectivity index (χ0) is 14.0. The van der Waals surface area contributed by atoms with Crippen LogP contribution >= 0.6 is 0 Å². The van der Waals surface area contributed by atoms with Crippen LogP contribution in [-0.2, 0) is 6.54 Å². The number of hydrogen-bond acceptors (Lipinski definition) is 2. The number of imidazole rings is 1. The Kier molecular flexibility index (Phi) is 3.76. The van der Waals surface area contributed by atoms with Crippen LogP contribution in [0.5, 0.6) is 0 Å². The van der Waals surface area contributed by atoms with Crippen LogP contribution in [0.3, 0.4) is 0 Å². The highest BCUT2D eigenvalue weighted by Gasteiger charge is 2.12. The molecule has 0 amide bonds. The Bertz CT molecular complexity index is 562. The van der Waals surface area contributed by atoms with Gasteiger partial charge in [-0.1, -0.05) is 17.7 Å². The van der Waals surface area contributed by atoms with Crippen LogP contribution in [0.1, 0.15) is 37.7 Å². The number of hydrogen-bond donors (Lipinski definition) is 1. The van der Waals surface area contributed by atoms with Gasteiger partial charge in [0.1, 0.15) is 5.82 Å². The van der Waals surface area contributed by atoms with E-state index in [1.807, 2.05) is 19.3 Å². The van der Waals surface area contributed by atoms with E-state index in [1.54, 1.807) is 0 Å². The molecule has 0 bridgehead atoms. The Morgan fingerprint density at radius 1 is 1.21 bits per heavy atom. The number of benzene rings is 1. The summed E-state index contributed by atoms with van der Waals surface area (Å²) in [7, 11) is 0. The predicted molar refractivity (Wildman–Crippen MR) is 79.6 cm³/mol.